The highest BCUT2D eigenvalue weighted by Crippen LogP contribution is 2.39. The van der Waals surface area contributed by atoms with Crippen molar-refractivity contribution >= 4 is 15.9 Å². The summed E-state index contributed by atoms with van der Waals surface area (Å²) < 4.78 is 106. The summed E-state index contributed by atoms with van der Waals surface area (Å²) in [5, 5.41) is -0.781. The monoisotopic (exact) mass is 530 g/mol. The van der Waals surface area contributed by atoms with E-state index in [1.165, 1.54) is 18.2 Å². The Morgan fingerprint density at radius 1 is 1.08 bits per heavy atom. The molecule has 1 saturated carbocycles. The zero-order chi connectivity index (χ0) is 25.8. The Hall–Kier alpha value is -2.57. The van der Waals surface area contributed by atoms with Gasteiger partial charge in [-0.2, -0.15) is 0 Å². The second-order valence-corrected chi connectivity index (χ2v) is 11.4. The highest BCUT2D eigenvalue weighted by Gasteiger charge is 2.59. The number of halogens is 5. The molecule has 6 nitrogen and oxygen atoms in total. The maximum absolute atomic E-state index is 15.5. The summed E-state index contributed by atoms with van der Waals surface area (Å²) >= 11 is 0. The first-order valence-corrected chi connectivity index (χ1v) is 13.1. The van der Waals surface area contributed by atoms with Crippen molar-refractivity contribution in [3.63, 3.8) is 0 Å². The molecule has 2 aliphatic heterocycles. The van der Waals surface area contributed by atoms with Crippen molar-refractivity contribution in [3.8, 4) is 11.1 Å². The number of hydrogen-bond donors (Lipinski definition) is 1. The summed E-state index contributed by atoms with van der Waals surface area (Å²) in [7, 11) is -4.07. The number of benzene rings is 2. The molecule has 1 N–H and O–H groups in total. The molecule has 3 fully saturated rings. The van der Waals surface area contributed by atoms with Crippen LogP contribution in [0.3, 0.4) is 0 Å². The molecule has 1 unspecified atom stereocenters. The van der Waals surface area contributed by atoms with Gasteiger partial charge in [0.2, 0.25) is 10.0 Å². The summed E-state index contributed by atoms with van der Waals surface area (Å²) in [6.45, 7) is -0.755. The van der Waals surface area contributed by atoms with Crippen LogP contribution in [0.15, 0.2) is 36.4 Å². The van der Waals surface area contributed by atoms with Crippen molar-refractivity contribution < 1.29 is 39.9 Å². The highest BCUT2D eigenvalue weighted by atomic mass is 32.2. The molecular weight excluding hydrogens is 507 g/mol. The minimum absolute atomic E-state index is 0.0922. The zero-order valence-corrected chi connectivity index (χ0v) is 19.7. The van der Waals surface area contributed by atoms with Gasteiger partial charge >= 0.3 is 0 Å². The Morgan fingerprint density at radius 2 is 1.75 bits per heavy atom. The molecule has 2 saturated heterocycles. The molecular formula is C24H23F5N2O4S. The topological polar surface area (TPSA) is 75.7 Å². The number of sulfonamides is 1. The van der Waals surface area contributed by atoms with Gasteiger partial charge < -0.3 is 9.64 Å². The maximum Gasteiger partial charge on any atom is 0.283 e. The molecule has 1 aliphatic carbocycles. The Kier molecular flexibility index (Phi) is 6.32. The van der Waals surface area contributed by atoms with Crippen molar-refractivity contribution in [2.24, 2.45) is 0 Å². The van der Waals surface area contributed by atoms with E-state index in [2.05, 4.69) is 4.72 Å². The third-order valence-corrected chi connectivity index (χ3v) is 8.75. The Bertz CT molecular complexity index is 1280. The molecule has 1 amide bonds. The Labute approximate surface area is 204 Å². The van der Waals surface area contributed by atoms with Crippen molar-refractivity contribution in [2.45, 2.75) is 55.0 Å². The first-order valence-electron chi connectivity index (χ1n) is 11.5. The first-order chi connectivity index (χ1) is 17.0. The smallest absolute Gasteiger partial charge is 0.283 e. The third kappa shape index (κ3) is 4.73. The number of amides is 1. The molecule has 3 atom stereocenters. The fourth-order valence-electron chi connectivity index (χ4n) is 4.70. The molecule has 0 radical (unpaired) electrons. The van der Waals surface area contributed by atoms with Crippen molar-refractivity contribution in [1.82, 2.24) is 9.62 Å². The van der Waals surface area contributed by atoms with Gasteiger partial charge in [0, 0.05) is 18.1 Å². The van der Waals surface area contributed by atoms with Crippen LogP contribution in [0.5, 0.6) is 0 Å². The van der Waals surface area contributed by atoms with E-state index in [0.717, 1.165) is 17.0 Å². The molecule has 0 bridgehead atoms. The van der Waals surface area contributed by atoms with Gasteiger partial charge in [-0.3, -0.25) is 4.79 Å². The number of hydrogen-bond acceptors (Lipinski definition) is 4. The number of carbonyl (C=O) groups is 1. The summed E-state index contributed by atoms with van der Waals surface area (Å²) in [5.41, 5.74) is -0.362. The fourth-order valence-corrected chi connectivity index (χ4v) is 6.33. The lowest BCUT2D eigenvalue weighted by molar-refractivity contribution is -0.158. The highest BCUT2D eigenvalue weighted by molar-refractivity contribution is 7.90. The van der Waals surface area contributed by atoms with Crippen LogP contribution in [-0.2, 0) is 26.0 Å². The number of likely N-dealkylation sites (tertiary alicyclic amines) is 1. The summed E-state index contributed by atoms with van der Waals surface area (Å²) in [6, 6.07) is 3.09. The summed E-state index contributed by atoms with van der Waals surface area (Å²) in [4.78, 5) is 13.8. The van der Waals surface area contributed by atoms with Crippen LogP contribution in [-0.4, -0.2) is 61.7 Å². The summed E-state index contributed by atoms with van der Waals surface area (Å²) in [6.07, 6.45) is -0.353. The number of ether oxygens (including phenoxy) is 1. The molecule has 0 spiro atoms. The number of nitrogens with one attached hydrogen (secondary N) is 1. The summed E-state index contributed by atoms with van der Waals surface area (Å²) in [5.74, 6) is -7.09. The van der Waals surface area contributed by atoms with Crippen LogP contribution in [0, 0.1) is 17.5 Å². The lowest BCUT2D eigenvalue weighted by Gasteiger charge is -2.34. The minimum atomic E-state index is -4.07. The number of alkyl halides is 2. The quantitative estimate of drug-likeness (QED) is 0.557. The molecule has 12 heteroatoms. The van der Waals surface area contributed by atoms with Crippen LogP contribution < -0.4 is 4.72 Å². The van der Waals surface area contributed by atoms with Crippen LogP contribution in [0.2, 0.25) is 0 Å². The van der Waals surface area contributed by atoms with Gasteiger partial charge in [0.25, 0.3) is 11.8 Å². The molecule has 194 valence electrons. The SMILES string of the molecule is O=C(C1CCO1)N1CC(F)(F)[C@H](NS(=O)(=O)C2CC2)[C@@H]1Cc1cccc(-c2cc(F)cc(F)c2)c1F. The second-order valence-electron chi connectivity index (χ2n) is 9.42. The van der Waals surface area contributed by atoms with Gasteiger partial charge in [-0.05, 0) is 42.5 Å². The third-order valence-electron chi connectivity index (χ3n) is 6.81. The van der Waals surface area contributed by atoms with E-state index in [9.17, 15) is 22.0 Å². The molecule has 5 rings (SSSR count). The van der Waals surface area contributed by atoms with Crippen molar-refractivity contribution in [1.29, 1.82) is 0 Å². The number of rotatable bonds is 7. The van der Waals surface area contributed by atoms with Gasteiger partial charge in [-0.25, -0.2) is 35.1 Å². The van der Waals surface area contributed by atoms with E-state index < -0.39 is 75.7 Å². The van der Waals surface area contributed by atoms with Crippen LogP contribution >= 0.6 is 0 Å². The largest absolute Gasteiger partial charge is 0.368 e. The normalized spacial score (nSPS) is 25.6. The van der Waals surface area contributed by atoms with E-state index >= 15 is 13.2 Å². The number of nitrogens with zero attached hydrogens (tertiary/aromatic N) is 1. The minimum Gasteiger partial charge on any atom is -0.368 e. The number of carbonyl (C=O) groups excluding carboxylic acids is 1. The zero-order valence-electron chi connectivity index (χ0n) is 18.9. The van der Waals surface area contributed by atoms with Gasteiger partial charge in [-0.15, -0.1) is 0 Å². The molecule has 2 aromatic rings. The first kappa shape index (κ1) is 25.1. The van der Waals surface area contributed by atoms with E-state index in [-0.39, 0.29) is 16.7 Å². The van der Waals surface area contributed by atoms with Crippen molar-refractivity contribution in [3.05, 3.63) is 59.4 Å². The van der Waals surface area contributed by atoms with Gasteiger partial charge in [0.05, 0.1) is 24.4 Å². The molecule has 2 aromatic carbocycles. The van der Waals surface area contributed by atoms with Crippen molar-refractivity contribution in [2.75, 3.05) is 13.2 Å². The van der Waals surface area contributed by atoms with E-state index in [0.29, 0.717) is 31.9 Å². The average Bonchev–Trinajstić information content (AvgIpc) is 3.57. The van der Waals surface area contributed by atoms with E-state index in [1.807, 2.05) is 0 Å². The van der Waals surface area contributed by atoms with Crippen LogP contribution in [0.1, 0.15) is 24.8 Å². The lowest BCUT2D eigenvalue weighted by Crippen LogP contribution is -2.54. The average molecular weight is 531 g/mol. The molecule has 0 aromatic heterocycles. The lowest BCUT2D eigenvalue weighted by atomic mass is 9.95. The van der Waals surface area contributed by atoms with Gasteiger partial charge in [0.15, 0.2) is 0 Å². The standard InChI is InChI=1S/C24H23F5N2O4S/c25-15-8-14(9-16(26)11-15)18-3-1-2-13(21(18)27)10-19-22(30-36(33,34)17-4-5-17)24(28,29)12-31(19)23(32)20-6-7-35-20/h1-3,8-9,11,17,19-20,22,30H,4-7,10,12H2/t19-,20?,22+/m0/s1. The predicted molar refractivity (Wildman–Crippen MR) is 119 cm³/mol. The molecule has 2 heterocycles. The van der Waals surface area contributed by atoms with E-state index in [4.69, 9.17) is 4.74 Å². The van der Waals surface area contributed by atoms with Gasteiger partial charge in [-0.1, -0.05) is 18.2 Å². The molecule has 3 aliphatic rings. The van der Waals surface area contributed by atoms with E-state index in [1.54, 1.807) is 0 Å². The van der Waals surface area contributed by atoms with Gasteiger partial charge in [0.1, 0.15) is 29.6 Å². The molecule has 36 heavy (non-hydrogen) atoms. The van der Waals surface area contributed by atoms with Crippen LogP contribution in [0.4, 0.5) is 22.0 Å². The van der Waals surface area contributed by atoms with Crippen LogP contribution in [0.25, 0.3) is 11.1 Å². The Balaban J connectivity index is 1.51. The Morgan fingerprint density at radius 3 is 2.33 bits per heavy atom. The maximum atomic E-state index is 15.5. The predicted octanol–water partition coefficient (Wildman–Crippen LogP) is 3.40. The second kappa shape index (κ2) is 9.07. The fraction of sp³-hybridized carbons (Fsp3) is 0.458.